The molecule has 0 unspecified atom stereocenters. The molecule has 114 valence electrons. The molecule has 2 N–H and O–H groups in total. The van der Waals surface area contributed by atoms with Crippen LogP contribution in [-0.4, -0.2) is 47.9 Å². The summed E-state index contributed by atoms with van der Waals surface area (Å²) in [6.45, 7) is 4.69. The number of carbonyl (C=O) groups is 3. The summed E-state index contributed by atoms with van der Waals surface area (Å²) < 4.78 is 0. The quantitative estimate of drug-likeness (QED) is 0.834. The summed E-state index contributed by atoms with van der Waals surface area (Å²) in [6, 6.07) is 3.98. The molecule has 21 heavy (non-hydrogen) atoms. The zero-order chi connectivity index (χ0) is 16.0. The van der Waals surface area contributed by atoms with Crippen molar-refractivity contribution in [3.05, 3.63) is 34.9 Å². The molecule has 1 aromatic carbocycles. The number of nitrogens with one attached hydrogen (secondary N) is 1. The Labute approximate surface area is 123 Å². The third kappa shape index (κ3) is 4.30. The number of carbonyl (C=O) groups excluding carboxylic acids is 2. The summed E-state index contributed by atoms with van der Waals surface area (Å²) in [7, 11) is 1.64. The van der Waals surface area contributed by atoms with Crippen LogP contribution in [0.5, 0.6) is 0 Å². The second kappa shape index (κ2) is 7.42. The minimum absolute atomic E-state index is 0.0769. The van der Waals surface area contributed by atoms with Gasteiger partial charge in [-0.15, -0.1) is 0 Å². The summed E-state index contributed by atoms with van der Waals surface area (Å²) in [6.07, 6.45) is 0.796. The predicted molar refractivity (Wildman–Crippen MR) is 78.7 cm³/mol. The largest absolute Gasteiger partial charge is 0.478 e. The second-order valence-corrected chi connectivity index (χ2v) is 4.69. The van der Waals surface area contributed by atoms with E-state index in [2.05, 4.69) is 5.32 Å². The standard InChI is InChI=1S/C15H20N2O4/c1-4-6-17(3)14(19)11-7-10(13(18)16-5-2)8-12(9-11)15(20)21/h7-9H,4-6H2,1-3H3,(H,16,18)(H,20,21). The van der Waals surface area contributed by atoms with Gasteiger partial charge >= 0.3 is 5.97 Å². The minimum atomic E-state index is -1.17. The molecule has 1 rings (SSSR count). The highest BCUT2D eigenvalue weighted by atomic mass is 16.4. The van der Waals surface area contributed by atoms with E-state index in [1.165, 1.54) is 23.1 Å². The highest BCUT2D eigenvalue weighted by Gasteiger charge is 2.17. The van der Waals surface area contributed by atoms with E-state index < -0.39 is 11.9 Å². The molecule has 0 radical (unpaired) electrons. The number of amides is 2. The lowest BCUT2D eigenvalue weighted by Gasteiger charge is -2.17. The number of hydrogen-bond acceptors (Lipinski definition) is 3. The zero-order valence-corrected chi connectivity index (χ0v) is 12.5. The van der Waals surface area contributed by atoms with E-state index in [1.54, 1.807) is 14.0 Å². The van der Waals surface area contributed by atoms with Crippen molar-refractivity contribution >= 4 is 17.8 Å². The summed E-state index contributed by atoms with van der Waals surface area (Å²) in [5, 5.41) is 11.7. The summed E-state index contributed by atoms with van der Waals surface area (Å²) in [5.41, 5.74) is 0.295. The van der Waals surface area contributed by atoms with Crippen molar-refractivity contribution in [3.63, 3.8) is 0 Å². The Kier molecular flexibility index (Phi) is 5.90. The number of nitrogens with zero attached hydrogens (tertiary/aromatic N) is 1. The van der Waals surface area contributed by atoms with Crippen LogP contribution in [0.15, 0.2) is 18.2 Å². The number of hydrogen-bond donors (Lipinski definition) is 2. The van der Waals surface area contributed by atoms with E-state index in [1.807, 2.05) is 6.92 Å². The lowest BCUT2D eigenvalue weighted by molar-refractivity contribution is 0.0697. The van der Waals surface area contributed by atoms with Crippen LogP contribution >= 0.6 is 0 Å². The molecule has 0 aliphatic rings. The molecule has 6 nitrogen and oxygen atoms in total. The van der Waals surface area contributed by atoms with Crippen molar-refractivity contribution in [2.24, 2.45) is 0 Å². The number of aromatic carboxylic acids is 1. The third-order valence-electron chi connectivity index (χ3n) is 2.93. The molecule has 0 saturated carbocycles. The fraction of sp³-hybridized carbons (Fsp3) is 0.400. The van der Waals surface area contributed by atoms with E-state index >= 15 is 0 Å². The SMILES string of the molecule is CCCN(C)C(=O)c1cc(C(=O)O)cc(C(=O)NCC)c1. The Bertz CT molecular complexity index is 555. The zero-order valence-electron chi connectivity index (χ0n) is 12.5. The first-order chi connectivity index (χ1) is 9.90. The fourth-order valence-electron chi connectivity index (χ4n) is 1.93. The lowest BCUT2D eigenvalue weighted by Crippen LogP contribution is -2.28. The average Bonchev–Trinajstić information content (AvgIpc) is 2.46. The highest BCUT2D eigenvalue weighted by Crippen LogP contribution is 2.13. The van der Waals surface area contributed by atoms with Crippen LogP contribution in [0.25, 0.3) is 0 Å². The smallest absolute Gasteiger partial charge is 0.335 e. The van der Waals surface area contributed by atoms with Crippen LogP contribution in [0.3, 0.4) is 0 Å². The molecule has 0 atom stereocenters. The van der Waals surface area contributed by atoms with Gasteiger partial charge in [0.05, 0.1) is 5.56 Å². The fourth-order valence-corrected chi connectivity index (χ4v) is 1.93. The topological polar surface area (TPSA) is 86.7 Å². The highest BCUT2D eigenvalue weighted by molar-refractivity contribution is 6.03. The normalized spacial score (nSPS) is 10.0. The van der Waals surface area contributed by atoms with Crippen molar-refractivity contribution in [3.8, 4) is 0 Å². The Hall–Kier alpha value is -2.37. The average molecular weight is 292 g/mol. The maximum Gasteiger partial charge on any atom is 0.335 e. The molecule has 0 fully saturated rings. The first-order valence-corrected chi connectivity index (χ1v) is 6.82. The van der Waals surface area contributed by atoms with Crippen LogP contribution in [0, 0.1) is 0 Å². The maximum absolute atomic E-state index is 12.2. The molecule has 0 aromatic heterocycles. The Morgan fingerprint density at radius 3 is 2.19 bits per heavy atom. The van der Waals surface area contributed by atoms with E-state index in [9.17, 15) is 14.4 Å². The van der Waals surface area contributed by atoms with Gasteiger partial charge in [-0.25, -0.2) is 4.79 Å². The van der Waals surface area contributed by atoms with Crippen molar-refractivity contribution in [2.45, 2.75) is 20.3 Å². The lowest BCUT2D eigenvalue weighted by atomic mass is 10.0. The first-order valence-electron chi connectivity index (χ1n) is 6.82. The van der Waals surface area contributed by atoms with Gasteiger partial charge in [-0.2, -0.15) is 0 Å². The van der Waals surface area contributed by atoms with Crippen molar-refractivity contribution < 1.29 is 19.5 Å². The number of benzene rings is 1. The van der Waals surface area contributed by atoms with Crippen molar-refractivity contribution in [1.82, 2.24) is 10.2 Å². The molecule has 0 heterocycles. The molecule has 0 spiro atoms. The molecule has 0 aliphatic carbocycles. The predicted octanol–water partition coefficient (Wildman–Crippen LogP) is 1.62. The van der Waals surface area contributed by atoms with E-state index in [0.717, 1.165) is 6.42 Å². The van der Waals surface area contributed by atoms with Gasteiger partial charge in [0, 0.05) is 31.3 Å². The monoisotopic (exact) mass is 292 g/mol. The van der Waals surface area contributed by atoms with Crippen molar-refractivity contribution in [2.75, 3.05) is 20.1 Å². The summed E-state index contributed by atoms with van der Waals surface area (Å²) >= 11 is 0. The van der Waals surface area contributed by atoms with Gasteiger partial charge in [0.15, 0.2) is 0 Å². The van der Waals surface area contributed by atoms with Crippen LogP contribution in [0.4, 0.5) is 0 Å². The molecule has 2 amide bonds. The molecule has 0 saturated heterocycles. The van der Waals surface area contributed by atoms with Crippen LogP contribution < -0.4 is 5.32 Å². The second-order valence-electron chi connectivity index (χ2n) is 4.69. The van der Waals surface area contributed by atoms with Gasteiger partial charge in [0.1, 0.15) is 0 Å². The first kappa shape index (κ1) is 16.7. The molecule has 1 aromatic rings. The summed E-state index contributed by atoms with van der Waals surface area (Å²) in [5.74, 6) is -1.87. The van der Waals surface area contributed by atoms with E-state index in [-0.39, 0.29) is 22.6 Å². The molecule has 6 heteroatoms. The van der Waals surface area contributed by atoms with Crippen LogP contribution in [0.2, 0.25) is 0 Å². The minimum Gasteiger partial charge on any atom is -0.478 e. The van der Waals surface area contributed by atoms with Gasteiger partial charge in [0.25, 0.3) is 11.8 Å². The molecule has 0 bridgehead atoms. The van der Waals surface area contributed by atoms with Gasteiger partial charge in [-0.3, -0.25) is 9.59 Å². The third-order valence-corrected chi connectivity index (χ3v) is 2.93. The molecular formula is C15H20N2O4. The summed E-state index contributed by atoms with van der Waals surface area (Å²) in [4.78, 5) is 36.8. The Morgan fingerprint density at radius 1 is 1.10 bits per heavy atom. The number of carboxylic acids is 1. The maximum atomic E-state index is 12.2. The van der Waals surface area contributed by atoms with Crippen LogP contribution in [-0.2, 0) is 0 Å². The van der Waals surface area contributed by atoms with E-state index in [0.29, 0.717) is 13.1 Å². The Balaban J connectivity index is 3.22. The van der Waals surface area contributed by atoms with Gasteiger partial charge < -0.3 is 15.3 Å². The van der Waals surface area contributed by atoms with Crippen LogP contribution in [0.1, 0.15) is 51.3 Å². The molecular weight excluding hydrogens is 272 g/mol. The number of carboxylic acid groups (broad SMARTS) is 1. The number of rotatable bonds is 6. The van der Waals surface area contributed by atoms with Gasteiger partial charge in [-0.05, 0) is 31.5 Å². The molecule has 0 aliphatic heterocycles. The van der Waals surface area contributed by atoms with Gasteiger partial charge in [0.2, 0.25) is 0 Å². The van der Waals surface area contributed by atoms with E-state index in [4.69, 9.17) is 5.11 Å². The Morgan fingerprint density at radius 2 is 1.67 bits per heavy atom. The van der Waals surface area contributed by atoms with Crippen molar-refractivity contribution in [1.29, 1.82) is 0 Å². The van der Waals surface area contributed by atoms with Gasteiger partial charge in [-0.1, -0.05) is 6.92 Å².